The standard InChI is InChI=1S/C21H24Cl2N2O.ClH/c1-25(2,18-5-3-4-6-18)14-15-7-10-17(11-8-15)24-21(26)16-9-12-19(22)20(23)13-16;/h7-13,18H,3-6,14H2,1-2H3;1H. The van der Waals surface area contributed by atoms with Crippen LogP contribution in [0, 0.1) is 0 Å². The molecule has 1 saturated carbocycles. The van der Waals surface area contributed by atoms with Crippen molar-refractivity contribution in [1.29, 1.82) is 0 Å². The Balaban J connectivity index is 0.00000261. The summed E-state index contributed by atoms with van der Waals surface area (Å²) in [4.78, 5) is 12.3. The summed E-state index contributed by atoms with van der Waals surface area (Å²) in [6.07, 6.45) is 5.35. The number of hydrogen-bond donors (Lipinski definition) is 1. The van der Waals surface area contributed by atoms with Crippen LogP contribution in [-0.4, -0.2) is 30.5 Å². The maximum atomic E-state index is 12.3. The highest BCUT2D eigenvalue weighted by atomic mass is 35.5. The largest absolute Gasteiger partial charge is 1.00 e. The fraction of sp³-hybridized carbons (Fsp3) is 0.381. The number of benzene rings is 2. The van der Waals surface area contributed by atoms with Gasteiger partial charge >= 0.3 is 0 Å². The van der Waals surface area contributed by atoms with Crippen LogP contribution in [-0.2, 0) is 6.54 Å². The molecular weight excluding hydrogens is 403 g/mol. The van der Waals surface area contributed by atoms with E-state index in [2.05, 4.69) is 31.5 Å². The van der Waals surface area contributed by atoms with Crippen molar-refractivity contribution in [3.8, 4) is 0 Å². The monoisotopic (exact) mass is 426 g/mol. The summed E-state index contributed by atoms with van der Waals surface area (Å²) in [5, 5.41) is 3.72. The molecule has 0 atom stereocenters. The van der Waals surface area contributed by atoms with E-state index in [1.165, 1.54) is 31.2 Å². The molecule has 0 unspecified atom stereocenters. The van der Waals surface area contributed by atoms with Gasteiger partial charge in [-0.3, -0.25) is 4.79 Å². The number of anilines is 1. The number of carbonyl (C=O) groups is 1. The average molecular weight is 428 g/mol. The lowest BCUT2D eigenvalue weighted by Crippen LogP contribution is -3.00. The molecular formula is C21H25Cl3N2O. The van der Waals surface area contributed by atoms with E-state index in [-0.39, 0.29) is 18.3 Å². The first-order valence-corrected chi connectivity index (χ1v) is 9.79. The maximum absolute atomic E-state index is 12.3. The Kier molecular flexibility index (Phi) is 7.58. The van der Waals surface area contributed by atoms with Crippen molar-refractivity contribution in [2.24, 2.45) is 0 Å². The molecule has 146 valence electrons. The van der Waals surface area contributed by atoms with Gasteiger partial charge in [-0.2, -0.15) is 0 Å². The third-order valence-electron chi connectivity index (χ3n) is 5.30. The van der Waals surface area contributed by atoms with Gasteiger partial charge in [0.15, 0.2) is 0 Å². The minimum atomic E-state index is -0.196. The van der Waals surface area contributed by atoms with Gasteiger partial charge in [0, 0.05) is 16.8 Å². The molecule has 0 radical (unpaired) electrons. The van der Waals surface area contributed by atoms with Crippen molar-refractivity contribution in [2.75, 3.05) is 19.4 Å². The van der Waals surface area contributed by atoms with Gasteiger partial charge in [-0.25, -0.2) is 0 Å². The van der Waals surface area contributed by atoms with E-state index in [1.54, 1.807) is 18.2 Å². The fourth-order valence-corrected chi connectivity index (χ4v) is 4.04. The number of carbonyl (C=O) groups excluding carboxylic acids is 1. The zero-order chi connectivity index (χ0) is 18.7. The molecule has 27 heavy (non-hydrogen) atoms. The molecule has 3 rings (SSSR count). The average Bonchev–Trinajstić information content (AvgIpc) is 3.14. The van der Waals surface area contributed by atoms with Crippen LogP contribution in [0.3, 0.4) is 0 Å². The summed E-state index contributed by atoms with van der Waals surface area (Å²) < 4.78 is 1.02. The number of nitrogens with zero attached hydrogens (tertiary/aromatic N) is 1. The number of nitrogens with one attached hydrogen (secondary N) is 1. The Labute approximate surface area is 177 Å². The molecule has 3 nitrogen and oxygen atoms in total. The lowest BCUT2D eigenvalue weighted by molar-refractivity contribution is -0.927. The second-order valence-corrected chi connectivity index (χ2v) is 8.47. The number of rotatable bonds is 5. The van der Waals surface area contributed by atoms with E-state index in [0.717, 1.165) is 22.8 Å². The summed E-state index contributed by atoms with van der Waals surface area (Å²) in [5.74, 6) is -0.196. The molecule has 1 fully saturated rings. The highest BCUT2D eigenvalue weighted by Gasteiger charge is 2.31. The van der Waals surface area contributed by atoms with E-state index < -0.39 is 0 Å². The molecule has 1 N–H and O–H groups in total. The Hall–Kier alpha value is -1.26. The van der Waals surface area contributed by atoms with Gasteiger partial charge in [0.05, 0.1) is 30.2 Å². The topological polar surface area (TPSA) is 29.1 Å². The molecule has 0 spiro atoms. The van der Waals surface area contributed by atoms with E-state index in [0.29, 0.717) is 15.6 Å². The van der Waals surface area contributed by atoms with Crippen LogP contribution in [0.15, 0.2) is 42.5 Å². The van der Waals surface area contributed by atoms with Crippen molar-refractivity contribution >= 4 is 34.8 Å². The number of hydrogen-bond acceptors (Lipinski definition) is 1. The van der Waals surface area contributed by atoms with Crippen LogP contribution < -0.4 is 17.7 Å². The summed E-state index contributed by atoms with van der Waals surface area (Å²) in [6, 6.07) is 13.7. The Morgan fingerprint density at radius 3 is 2.26 bits per heavy atom. The first-order valence-electron chi connectivity index (χ1n) is 9.03. The minimum absolute atomic E-state index is 0. The fourth-order valence-electron chi connectivity index (χ4n) is 3.74. The SMILES string of the molecule is C[N+](C)(Cc1ccc(NC(=O)c2ccc(Cl)c(Cl)c2)cc1)C1CCCC1.[Cl-]. The number of halogens is 3. The predicted molar refractivity (Wildman–Crippen MR) is 109 cm³/mol. The van der Waals surface area contributed by atoms with Crippen LogP contribution in [0.4, 0.5) is 5.69 Å². The molecule has 6 heteroatoms. The van der Waals surface area contributed by atoms with Gasteiger partial charge in [0.2, 0.25) is 0 Å². The highest BCUT2D eigenvalue weighted by molar-refractivity contribution is 6.42. The Bertz CT molecular complexity index is 785. The van der Waals surface area contributed by atoms with Crippen LogP contribution in [0.1, 0.15) is 41.6 Å². The van der Waals surface area contributed by atoms with Crippen molar-refractivity contribution in [3.05, 3.63) is 63.6 Å². The quantitative estimate of drug-likeness (QED) is 0.731. The third-order valence-corrected chi connectivity index (χ3v) is 6.04. The zero-order valence-electron chi connectivity index (χ0n) is 15.6. The normalized spacial score (nSPS) is 14.7. The van der Waals surface area contributed by atoms with Gasteiger partial charge in [0.1, 0.15) is 6.54 Å². The highest BCUT2D eigenvalue weighted by Crippen LogP contribution is 2.29. The minimum Gasteiger partial charge on any atom is -1.00 e. The molecule has 0 heterocycles. The van der Waals surface area contributed by atoms with Crippen molar-refractivity contribution in [2.45, 2.75) is 38.3 Å². The van der Waals surface area contributed by atoms with Crippen molar-refractivity contribution in [3.63, 3.8) is 0 Å². The molecule has 1 aliphatic carbocycles. The van der Waals surface area contributed by atoms with Gasteiger partial charge in [0.25, 0.3) is 5.91 Å². The van der Waals surface area contributed by atoms with Crippen LogP contribution in [0.25, 0.3) is 0 Å². The molecule has 0 aromatic heterocycles. The smallest absolute Gasteiger partial charge is 0.255 e. The first-order chi connectivity index (χ1) is 12.3. The maximum Gasteiger partial charge on any atom is 0.255 e. The van der Waals surface area contributed by atoms with Crippen molar-refractivity contribution < 1.29 is 21.7 Å². The molecule has 2 aromatic rings. The lowest BCUT2D eigenvalue weighted by atomic mass is 10.1. The Morgan fingerprint density at radius 2 is 1.67 bits per heavy atom. The van der Waals surface area contributed by atoms with Crippen LogP contribution in [0.5, 0.6) is 0 Å². The van der Waals surface area contributed by atoms with Crippen molar-refractivity contribution in [1.82, 2.24) is 0 Å². The van der Waals surface area contributed by atoms with Gasteiger partial charge in [-0.05, 0) is 56.0 Å². The summed E-state index contributed by atoms with van der Waals surface area (Å²) in [5.41, 5.74) is 2.55. The predicted octanol–water partition coefficient (Wildman–Crippen LogP) is 2.77. The molecule has 0 saturated heterocycles. The number of amides is 1. The lowest BCUT2D eigenvalue weighted by Gasteiger charge is -2.36. The van der Waals surface area contributed by atoms with Gasteiger partial charge < -0.3 is 22.2 Å². The first kappa shape index (κ1) is 22.0. The molecule has 1 aliphatic rings. The summed E-state index contributed by atoms with van der Waals surface area (Å²) in [6.45, 7) is 1.01. The second-order valence-electron chi connectivity index (χ2n) is 7.65. The van der Waals surface area contributed by atoms with Gasteiger partial charge in [-0.1, -0.05) is 35.3 Å². The zero-order valence-corrected chi connectivity index (χ0v) is 17.9. The molecule has 0 bridgehead atoms. The van der Waals surface area contributed by atoms with Crippen LogP contribution in [0.2, 0.25) is 10.0 Å². The van der Waals surface area contributed by atoms with E-state index in [4.69, 9.17) is 23.2 Å². The van der Waals surface area contributed by atoms with Gasteiger partial charge in [-0.15, -0.1) is 0 Å². The van der Waals surface area contributed by atoms with E-state index in [9.17, 15) is 4.79 Å². The number of quaternary nitrogens is 1. The van der Waals surface area contributed by atoms with E-state index in [1.807, 2.05) is 12.1 Å². The second kappa shape index (κ2) is 9.29. The molecule has 1 amide bonds. The summed E-state index contributed by atoms with van der Waals surface area (Å²) in [7, 11) is 4.63. The Morgan fingerprint density at radius 1 is 1.04 bits per heavy atom. The summed E-state index contributed by atoms with van der Waals surface area (Å²) >= 11 is 11.9. The van der Waals surface area contributed by atoms with E-state index >= 15 is 0 Å². The van der Waals surface area contributed by atoms with Crippen LogP contribution >= 0.6 is 23.2 Å². The molecule has 2 aromatic carbocycles. The molecule has 0 aliphatic heterocycles. The third kappa shape index (κ3) is 5.61.